The molecule has 0 rings (SSSR count). The maximum Gasteiger partial charge on any atom is 0.331 e. The second kappa shape index (κ2) is 7.62. The summed E-state index contributed by atoms with van der Waals surface area (Å²) >= 11 is 5.44. The lowest BCUT2D eigenvalue weighted by atomic mass is 9.97. The van der Waals surface area contributed by atoms with Gasteiger partial charge in [0.25, 0.3) is 0 Å². The first-order valence-corrected chi connectivity index (χ1v) is 5.49. The number of rotatable bonds is 7. The molecule has 0 fully saturated rings. The standard InChI is InChI=1S/C10H18ClNO4/c1-6(10(15)16)7(2-8(13)4-11)3-9(14)5-12/h8-9,13-14H,2-5,12H2,1H3,(H,15,16). The van der Waals surface area contributed by atoms with Gasteiger partial charge in [-0.1, -0.05) is 5.57 Å². The van der Waals surface area contributed by atoms with Crippen LogP contribution in [0.4, 0.5) is 0 Å². The fourth-order valence-corrected chi connectivity index (χ4v) is 1.36. The summed E-state index contributed by atoms with van der Waals surface area (Å²) in [5, 5.41) is 27.6. The Bertz CT molecular complexity index is 254. The Labute approximate surface area is 99.5 Å². The van der Waals surface area contributed by atoms with Gasteiger partial charge in [0.1, 0.15) is 0 Å². The third-order valence-electron chi connectivity index (χ3n) is 2.27. The van der Waals surface area contributed by atoms with Crippen molar-refractivity contribution in [2.75, 3.05) is 12.4 Å². The molecule has 0 bridgehead atoms. The first-order valence-electron chi connectivity index (χ1n) is 4.96. The summed E-state index contributed by atoms with van der Waals surface area (Å²) in [6, 6.07) is 0. The van der Waals surface area contributed by atoms with Gasteiger partial charge >= 0.3 is 5.97 Å². The lowest BCUT2D eigenvalue weighted by Gasteiger charge is -2.16. The molecule has 0 saturated heterocycles. The van der Waals surface area contributed by atoms with Crippen molar-refractivity contribution in [3.63, 3.8) is 0 Å². The molecule has 0 radical (unpaired) electrons. The van der Waals surface area contributed by atoms with Crippen LogP contribution in [0.5, 0.6) is 0 Å². The van der Waals surface area contributed by atoms with Crippen LogP contribution >= 0.6 is 11.6 Å². The predicted molar refractivity (Wildman–Crippen MR) is 61.4 cm³/mol. The number of aliphatic hydroxyl groups is 2. The Morgan fingerprint density at radius 3 is 2.19 bits per heavy atom. The zero-order chi connectivity index (χ0) is 12.7. The van der Waals surface area contributed by atoms with Gasteiger partial charge in [0.2, 0.25) is 0 Å². The molecule has 0 amide bonds. The third kappa shape index (κ3) is 5.46. The van der Waals surface area contributed by atoms with Crippen LogP contribution in [-0.4, -0.2) is 45.9 Å². The minimum Gasteiger partial charge on any atom is -0.478 e. The molecule has 5 N–H and O–H groups in total. The van der Waals surface area contributed by atoms with Crippen molar-refractivity contribution in [3.05, 3.63) is 11.1 Å². The van der Waals surface area contributed by atoms with Gasteiger partial charge in [-0.15, -0.1) is 11.6 Å². The molecule has 0 aliphatic heterocycles. The molecular weight excluding hydrogens is 234 g/mol. The maximum atomic E-state index is 10.8. The number of aliphatic carboxylic acids is 1. The van der Waals surface area contributed by atoms with Gasteiger partial charge in [0.15, 0.2) is 0 Å². The van der Waals surface area contributed by atoms with E-state index in [2.05, 4.69) is 0 Å². The molecule has 0 aromatic heterocycles. The summed E-state index contributed by atoms with van der Waals surface area (Å²) in [7, 11) is 0. The van der Waals surface area contributed by atoms with Crippen LogP contribution in [0.2, 0.25) is 0 Å². The first kappa shape index (κ1) is 15.4. The summed E-state index contributed by atoms with van der Waals surface area (Å²) in [6.45, 7) is 1.48. The molecule has 0 aromatic carbocycles. The van der Waals surface area contributed by atoms with Crippen molar-refractivity contribution in [1.82, 2.24) is 0 Å². The average molecular weight is 252 g/mol. The minimum absolute atomic E-state index is 0.0229. The summed E-state index contributed by atoms with van der Waals surface area (Å²) < 4.78 is 0. The van der Waals surface area contributed by atoms with Crippen molar-refractivity contribution < 1.29 is 20.1 Å². The number of carboxylic acid groups (broad SMARTS) is 1. The Balaban J connectivity index is 4.76. The van der Waals surface area contributed by atoms with E-state index < -0.39 is 18.2 Å². The van der Waals surface area contributed by atoms with Crippen LogP contribution < -0.4 is 5.73 Å². The minimum atomic E-state index is -1.07. The molecule has 2 atom stereocenters. The molecule has 0 saturated carbocycles. The highest BCUT2D eigenvalue weighted by Crippen LogP contribution is 2.18. The van der Waals surface area contributed by atoms with E-state index in [9.17, 15) is 15.0 Å². The fourth-order valence-electron chi connectivity index (χ4n) is 1.25. The molecular formula is C10H18ClNO4. The second-order valence-electron chi connectivity index (χ2n) is 3.64. The van der Waals surface area contributed by atoms with E-state index in [1.165, 1.54) is 6.92 Å². The number of hydrogen-bond acceptors (Lipinski definition) is 4. The quantitative estimate of drug-likeness (QED) is 0.379. The van der Waals surface area contributed by atoms with Crippen LogP contribution in [0, 0.1) is 0 Å². The van der Waals surface area contributed by atoms with Gasteiger partial charge in [-0.2, -0.15) is 0 Å². The van der Waals surface area contributed by atoms with Gasteiger partial charge in [-0.3, -0.25) is 0 Å². The molecule has 94 valence electrons. The predicted octanol–water partition coefficient (Wildman–Crippen LogP) is 0.0870. The van der Waals surface area contributed by atoms with Crippen molar-refractivity contribution >= 4 is 17.6 Å². The van der Waals surface area contributed by atoms with Crippen LogP contribution in [0.1, 0.15) is 19.8 Å². The second-order valence-corrected chi connectivity index (χ2v) is 3.95. The SMILES string of the molecule is CC(C(=O)O)=C(CC(O)CN)CC(O)CCl. The van der Waals surface area contributed by atoms with Gasteiger partial charge in [-0.05, 0) is 19.8 Å². The van der Waals surface area contributed by atoms with E-state index in [-0.39, 0.29) is 30.8 Å². The normalized spacial score (nSPS) is 16.6. The zero-order valence-electron chi connectivity index (χ0n) is 9.19. The monoisotopic (exact) mass is 251 g/mol. The van der Waals surface area contributed by atoms with Crippen LogP contribution in [0.25, 0.3) is 0 Å². The average Bonchev–Trinajstić information content (AvgIpc) is 2.26. The Hall–Kier alpha value is -0.620. The van der Waals surface area contributed by atoms with Crippen molar-refractivity contribution in [1.29, 1.82) is 0 Å². The van der Waals surface area contributed by atoms with E-state index in [1.54, 1.807) is 0 Å². The molecule has 0 heterocycles. The van der Waals surface area contributed by atoms with Crippen molar-refractivity contribution in [2.45, 2.75) is 32.0 Å². The molecule has 0 aromatic rings. The molecule has 0 spiro atoms. The summed E-state index contributed by atoms with van der Waals surface area (Å²) in [6.07, 6.45) is -1.33. The van der Waals surface area contributed by atoms with E-state index in [4.69, 9.17) is 22.4 Å². The van der Waals surface area contributed by atoms with Crippen LogP contribution in [0.3, 0.4) is 0 Å². The number of aliphatic hydroxyl groups excluding tert-OH is 2. The molecule has 2 unspecified atom stereocenters. The van der Waals surface area contributed by atoms with E-state index in [1.807, 2.05) is 0 Å². The Morgan fingerprint density at radius 1 is 1.31 bits per heavy atom. The van der Waals surface area contributed by atoms with E-state index in [0.29, 0.717) is 5.57 Å². The van der Waals surface area contributed by atoms with E-state index in [0.717, 1.165) is 0 Å². The molecule has 5 nitrogen and oxygen atoms in total. The number of carboxylic acids is 1. The smallest absolute Gasteiger partial charge is 0.331 e. The Morgan fingerprint density at radius 2 is 1.81 bits per heavy atom. The number of alkyl halides is 1. The highest BCUT2D eigenvalue weighted by atomic mass is 35.5. The summed E-state index contributed by atoms with van der Waals surface area (Å²) in [4.78, 5) is 10.8. The number of hydrogen-bond donors (Lipinski definition) is 4. The first-order chi connectivity index (χ1) is 7.42. The number of nitrogens with two attached hydrogens (primary N) is 1. The highest BCUT2D eigenvalue weighted by Gasteiger charge is 2.16. The zero-order valence-corrected chi connectivity index (χ0v) is 9.94. The van der Waals surface area contributed by atoms with Crippen molar-refractivity contribution in [2.24, 2.45) is 5.73 Å². The topological polar surface area (TPSA) is 104 Å². The van der Waals surface area contributed by atoms with Gasteiger partial charge in [0, 0.05) is 18.0 Å². The lowest BCUT2D eigenvalue weighted by molar-refractivity contribution is -0.132. The summed E-state index contributed by atoms with van der Waals surface area (Å²) in [5.41, 5.74) is 5.84. The van der Waals surface area contributed by atoms with E-state index >= 15 is 0 Å². The van der Waals surface area contributed by atoms with Crippen molar-refractivity contribution in [3.8, 4) is 0 Å². The molecule has 6 heteroatoms. The molecule has 0 aliphatic rings. The summed E-state index contributed by atoms with van der Waals surface area (Å²) in [5.74, 6) is -1.05. The number of halogens is 1. The number of carbonyl (C=O) groups is 1. The molecule has 0 aliphatic carbocycles. The van der Waals surface area contributed by atoms with Crippen LogP contribution in [-0.2, 0) is 4.79 Å². The Kier molecular flexibility index (Phi) is 7.33. The maximum absolute atomic E-state index is 10.8. The van der Waals surface area contributed by atoms with Gasteiger partial charge in [-0.25, -0.2) is 4.79 Å². The van der Waals surface area contributed by atoms with Crippen LogP contribution in [0.15, 0.2) is 11.1 Å². The fraction of sp³-hybridized carbons (Fsp3) is 0.700. The van der Waals surface area contributed by atoms with Gasteiger partial charge in [0.05, 0.1) is 12.2 Å². The third-order valence-corrected chi connectivity index (χ3v) is 2.62. The lowest BCUT2D eigenvalue weighted by Crippen LogP contribution is -2.23. The van der Waals surface area contributed by atoms with Gasteiger partial charge < -0.3 is 21.1 Å². The highest BCUT2D eigenvalue weighted by molar-refractivity contribution is 6.18. The molecule has 16 heavy (non-hydrogen) atoms. The largest absolute Gasteiger partial charge is 0.478 e.